The molecule has 1 amide bonds. The van der Waals surface area contributed by atoms with Crippen molar-refractivity contribution in [2.75, 3.05) is 0 Å². The van der Waals surface area contributed by atoms with Gasteiger partial charge in [-0.3, -0.25) is 4.79 Å². The van der Waals surface area contributed by atoms with Gasteiger partial charge < -0.3 is 9.84 Å². The van der Waals surface area contributed by atoms with Gasteiger partial charge >= 0.3 is 6.61 Å². The van der Waals surface area contributed by atoms with Crippen LogP contribution in [-0.4, -0.2) is 23.3 Å². The summed E-state index contributed by atoms with van der Waals surface area (Å²) in [6.45, 7) is -1.40. The Morgan fingerprint density at radius 2 is 1.96 bits per heavy atom. The second-order valence-electron chi connectivity index (χ2n) is 4.56. The lowest BCUT2D eigenvalue weighted by Gasteiger charge is -2.10. The molecule has 120 valence electrons. The molecule has 0 atom stereocenters. The Balaban J connectivity index is 2.16. The van der Waals surface area contributed by atoms with Crippen LogP contribution in [0.5, 0.6) is 11.5 Å². The number of nitrogens with zero attached hydrogens (tertiary/aromatic N) is 1. The van der Waals surface area contributed by atoms with E-state index in [0.29, 0.717) is 11.3 Å². The number of carbonyl (C=O) groups excluding carboxylic acids is 1. The molecule has 23 heavy (non-hydrogen) atoms. The van der Waals surface area contributed by atoms with Gasteiger partial charge in [-0.15, -0.1) is 0 Å². The van der Waals surface area contributed by atoms with Crippen LogP contribution in [0.2, 0.25) is 0 Å². The van der Waals surface area contributed by atoms with E-state index in [2.05, 4.69) is 15.3 Å². The Morgan fingerprint density at radius 1 is 1.22 bits per heavy atom. The normalized spacial score (nSPS) is 11.4. The van der Waals surface area contributed by atoms with E-state index in [4.69, 9.17) is 0 Å². The molecule has 0 heterocycles. The molecular formula is C16H14F2N2O3. The molecule has 7 heteroatoms. The molecule has 0 spiro atoms. The zero-order valence-corrected chi connectivity index (χ0v) is 12.2. The number of nitrogens with one attached hydrogen (secondary N) is 1. The number of hydrogen-bond acceptors (Lipinski definition) is 4. The van der Waals surface area contributed by atoms with Gasteiger partial charge in [-0.25, -0.2) is 5.43 Å². The van der Waals surface area contributed by atoms with E-state index >= 15 is 0 Å². The number of benzene rings is 2. The monoisotopic (exact) mass is 320 g/mol. The van der Waals surface area contributed by atoms with Crippen LogP contribution in [0.4, 0.5) is 8.78 Å². The quantitative estimate of drug-likeness (QED) is 0.657. The van der Waals surface area contributed by atoms with Gasteiger partial charge in [-0.2, -0.15) is 13.9 Å². The van der Waals surface area contributed by atoms with Crippen LogP contribution in [0.3, 0.4) is 0 Å². The van der Waals surface area contributed by atoms with E-state index in [1.165, 1.54) is 30.3 Å². The SMILES string of the molecule is C/C(=N/NC(=O)c1cccc(O)c1)c1ccccc1OC(F)F. The van der Waals surface area contributed by atoms with Crippen LogP contribution >= 0.6 is 0 Å². The first-order chi connectivity index (χ1) is 11.0. The Bertz CT molecular complexity index is 733. The van der Waals surface area contributed by atoms with Crippen molar-refractivity contribution in [3.63, 3.8) is 0 Å². The predicted molar refractivity (Wildman–Crippen MR) is 80.9 cm³/mol. The molecule has 0 saturated carbocycles. The lowest BCUT2D eigenvalue weighted by atomic mass is 10.1. The van der Waals surface area contributed by atoms with Crippen LogP contribution in [0.1, 0.15) is 22.8 Å². The number of hydrazone groups is 1. The highest BCUT2D eigenvalue weighted by Gasteiger charge is 2.12. The number of rotatable bonds is 5. The Hall–Kier alpha value is -2.96. The van der Waals surface area contributed by atoms with Crippen molar-refractivity contribution in [3.8, 4) is 11.5 Å². The molecule has 0 aliphatic carbocycles. The van der Waals surface area contributed by atoms with E-state index in [1.54, 1.807) is 25.1 Å². The van der Waals surface area contributed by atoms with Gasteiger partial charge in [0.2, 0.25) is 0 Å². The summed E-state index contributed by atoms with van der Waals surface area (Å²) in [6.07, 6.45) is 0. The molecule has 0 aliphatic rings. The second kappa shape index (κ2) is 7.35. The Morgan fingerprint density at radius 3 is 2.65 bits per heavy atom. The molecule has 0 radical (unpaired) electrons. The highest BCUT2D eigenvalue weighted by molar-refractivity contribution is 6.02. The average molecular weight is 320 g/mol. The first-order valence-electron chi connectivity index (χ1n) is 6.65. The zero-order valence-electron chi connectivity index (χ0n) is 12.2. The summed E-state index contributed by atoms with van der Waals surface area (Å²) in [4.78, 5) is 11.9. The molecule has 0 saturated heterocycles. The van der Waals surface area contributed by atoms with Crippen molar-refractivity contribution in [1.82, 2.24) is 5.43 Å². The molecule has 0 fully saturated rings. The summed E-state index contributed by atoms with van der Waals surface area (Å²) in [5.74, 6) is -0.614. The maximum Gasteiger partial charge on any atom is 0.387 e. The molecule has 0 unspecified atom stereocenters. The van der Waals surface area contributed by atoms with Crippen LogP contribution in [0.25, 0.3) is 0 Å². The molecule has 2 aromatic rings. The maximum absolute atomic E-state index is 12.4. The van der Waals surface area contributed by atoms with E-state index in [9.17, 15) is 18.7 Å². The van der Waals surface area contributed by atoms with Crippen molar-refractivity contribution in [3.05, 3.63) is 59.7 Å². The summed E-state index contributed by atoms with van der Waals surface area (Å²) in [7, 11) is 0. The highest BCUT2D eigenvalue weighted by Crippen LogP contribution is 2.21. The number of phenols is 1. The summed E-state index contributed by atoms with van der Waals surface area (Å²) in [5, 5.41) is 13.2. The molecule has 0 bridgehead atoms. The fourth-order valence-electron chi connectivity index (χ4n) is 1.87. The van der Waals surface area contributed by atoms with Crippen molar-refractivity contribution in [2.45, 2.75) is 13.5 Å². The molecule has 5 nitrogen and oxygen atoms in total. The number of carbonyl (C=O) groups is 1. The van der Waals surface area contributed by atoms with Gasteiger partial charge in [-0.05, 0) is 37.3 Å². The molecule has 2 N–H and O–H groups in total. The number of hydrogen-bond donors (Lipinski definition) is 2. The van der Waals surface area contributed by atoms with Gasteiger partial charge in [0.25, 0.3) is 5.91 Å². The van der Waals surface area contributed by atoms with Gasteiger partial charge in [0, 0.05) is 11.1 Å². The zero-order chi connectivity index (χ0) is 16.8. The third kappa shape index (κ3) is 4.50. The van der Waals surface area contributed by atoms with Gasteiger partial charge in [0.15, 0.2) is 0 Å². The first kappa shape index (κ1) is 16.4. The number of halogens is 2. The highest BCUT2D eigenvalue weighted by atomic mass is 19.3. The third-order valence-corrected chi connectivity index (χ3v) is 2.93. The van der Waals surface area contributed by atoms with Crippen molar-refractivity contribution >= 4 is 11.6 Å². The Kier molecular flexibility index (Phi) is 5.24. The third-order valence-electron chi connectivity index (χ3n) is 2.93. The summed E-state index contributed by atoms with van der Waals surface area (Å²) in [6, 6.07) is 11.9. The maximum atomic E-state index is 12.4. The number of ether oxygens (including phenoxy) is 1. The van der Waals surface area contributed by atoms with Crippen LogP contribution in [-0.2, 0) is 0 Å². The summed E-state index contributed by atoms with van der Waals surface area (Å²) in [5.41, 5.74) is 3.16. The van der Waals surface area contributed by atoms with E-state index in [-0.39, 0.29) is 17.1 Å². The number of amides is 1. The van der Waals surface area contributed by atoms with Gasteiger partial charge in [0.1, 0.15) is 11.5 Å². The van der Waals surface area contributed by atoms with Crippen LogP contribution in [0, 0.1) is 0 Å². The lowest BCUT2D eigenvalue weighted by molar-refractivity contribution is -0.0499. The van der Waals surface area contributed by atoms with Gasteiger partial charge in [-0.1, -0.05) is 18.2 Å². The lowest BCUT2D eigenvalue weighted by Crippen LogP contribution is -2.19. The van der Waals surface area contributed by atoms with Crippen LogP contribution in [0.15, 0.2) is 53.6 Å². The molecule has 0 aliphatic heterocycles. The predicted octanol–water partition coefficient (Wildman–Crippen LogP) is 3.15. The second-order valence-corrected chi connectivity index (χ2v) is 4.56. The van der Waals surface area contributed by atoms with Crippen molar-refractivity contribution in [2.24, 2.45) is 5.10 Å². The topological polar surface area (TPSA) is 70.9 Å². The average Bonchev–Trinajstić information content (AvgIpc) is 2.52. The van der Waals surface area contributed by atoms with Gasteiger partial charge in [0.05, 0.1) is 5.71 Å². The first-order valence-corrected chi connectivity index (χ1v) is 6.65. The number of aromatic hydroxyl groups is 1. The smallest absolute Gasteiger partial charge is 0.387 e. The number of phenolic OH excluding ortho intramolecular Hbond substituents is 1. The van der Waals surface area contributed by atoms with Crippen molar-refractivity contribution in [1.29, 1.82) is 0 Å². The standard InChI is InChI=1S/C16H14F2N2O3/c1-10(13-7-2-3-8-14(13)23-16(17)18)19-20-15(22)11-5-4-6-12(21)9-11/h2-9,16,21H,1H3,(H,20,22)/b19-10-. The summed E-state index contributed by atoms with van der Waals surface area (Å²) < 4.78 is 29.2. The van der Waals surface area contributed by atoms with E-state index < -0.39 is 12.5 Å². The van der Waals surface area contributed by atoms with E-state index in [1.807, 2.05) is 0 Å². The molecular weight excluding hydrogens is 306 g/mol. The largest absolute Gasteiger partial charge is 0.508 e. The minimum atomic E-state index is -2.95. The van der Waals surface area contributed by atoms with Crippen LogP contribution < -0.4 is 10.2 Å². The number of alkyl halides is 2. The molecule has 2 rings (SSSR count). The minimum Gasteiger partial charge on any atom is -0.508 e. The van der Waals surface area contributed by atoms with Crippen molar-refractivity contribution < 1.29 is 23.4 Å². The number of para-hydroxylation sites is 1. The molecule has 2 aromatic carbocycles. The fraction of sp³-hybridized carbons (Fsp3) is 0.125. The minimum absolute atomic E-state index is 0.0321. The molecule has 0 aromatic heterocycles. The summed E-state index contributed by atoms with van der Waals surface area (Å²) >= 11 is 0. The fourth-order valence-corrected chi connectivity index (χ4v) is 1.87. The van der Waals surface area contributed by atoms with E-state index in [0.717, 1.165) is 0 Å². The Labute approximate surface area is 131 Å².